The Morgan fingerprint density at radius 1 is 1.04 bits per heavy atom. The van der Waals surface area contributed by atoms with Gasteiger partial charge in [0.1, 0.15) is 0 Å². The van der Waals surface area contributed by atoms with Crippen molar-refractivity contribution in [3.63, 3.8) is 0 Å². The number of rotatable bonds is 7. The summed E-state index contributed by atoms with van der Waals surface area (Å²) in [5.74, 6) is 1.03. The average Bonchev–Trinajstić information content (AvgIpc) is 3.12. The number of hydrogen-bond acceptors (Lipinski definition) is 5. The lowest BCUT2D eigenvalue weighted by atomic mass is 10.0. The Balaban J connectivity index is 1.44. The summed E-state index contributed by atoms with van der Waals surface area (Å²) in [6.45, 7) is 4.49. The summed E-state index contributed by atoms with van der Waals surface area (Å²) in [4.78, 5) is 24.0. The molecule has 1 N–H and O–H groups in total. The Morgan fingerprint density at radius 2 is 1.74 bits per heavy atom. The molecule has 142 valence electrons. The smallest absolute Gasteiger partial charge is 0.338 e. The quantitative estimate of drug-likeness (QED) is 0.759. The Morgan fingerprint density at radius 3 is 2.48 bits per heavy atom. The van der Waals surface area contributed by atoms with Gasteiger partial charge < -0.3 is 19.5 Å². The number of nitrogens with one attached hydrogen (secondary N) is 1. The van der Waals surface area contributed by atoms with Gasteiger partial charge in [0.2, 0.25) is 6.79 Å². The molecule has 0 saturated carbocycles. The zero-order chi connectivity index (χ0) is 19.2. The van der Waals surface area contributed by atoms with Crippen LogP contribution in [-0.2, 0) is 22.5 Å². The van der Waals surface area contributed by atoms with E-state index < -0.39 is 5.97 Å². The molecule has 0 radical (unpaired) electrons. The third-order valence-corrected chi connectivity index (χ3v) is 4.09. The highest BCUT2D eigenvalue weighted by atomic mass is 16.7. The monoisotopic (exact) mass is 369 g/mol. The average molecular weight is 369 g/mol. The summed E-state index contributed by atoms with van der Waals surface area (Å²) >= 11 is 0. The first kappa shape index (κ1) is 18.8. The minimum absolute atomic E-state index is 0.208. The van der Waals surface area contributed by atoms with Gasteiger partial charge in [0.05, 0.1) is 5.56 Å². The lowest BCUT2D eigenvalue weighted by Crippen LogP contribution is -2.28. The SMILES string of the molecule is CC(C)Cc1ccc(C(=O)OCC(=O)NCc2ccc3c(c2)OCO3)cc1. The maximum absolute atomic E-state index is 12.1. The highest BCUT2D eigenvalue weighted by Crippen LogP contribution is 2.32. The van der Waals surface area contributed by atoms with E-state index in [1.165, 1.54) is 5.56 Å². The molecule has 6 nitrogen and oxygen atoms in total. The highest BCUT2D eigenvalue weighted by Gasteiger charge is 2.14. The molecule has 1 aliphatic rings. The summed E-state index contributed by atoms with van der Waals surface area (Å²) in [7, 11) is 0. The van der Waals surface area contributed by atoms with E-state index in [1.807, 2.05) is 24.3 Å². The summed E-state index contributed by atoms with van der Waals surface area (Å²) in [6.07, 6.45) is 0.956. The first-order valence-corrected chi connectivity index (χ1v) is 8.92. The first-order valence-electron chi connectivity index (χ1n) is 8.92. The number of ether oxygens (including phenoxy) is 3. The number of benzene rings is 2. The highest BCUT2D eigenvalue weighted by molar-refractivity contribution is 5.91. The van der Waals surface area contributed by atoms with Crippen molar-refractivity contribution in [3.05, 3.63) is 59.2 Å². The Hall–Kier alpha value is -3.02. The number of fused-ring (bicyclic) bond motifs is 1. The number of hydrogen-bond donors (Lipinski definition) is 1. The van der Waals surface area contributed by atoms with Gasteiger partial charge in [-0.25, -0.2) is 4.79 Å². The minimum atomic E-state index is -0.510. The first-order chi connectivity index (χ1) is 13.0. The lowest BCUT2D eigenvalue weighted by molar-refractivity contribution is -0.124. The number of esters is 1. The molecule has 2 aromatic rings. The fraction of sp³-hybridized carbons (Fsp3) is 0.333. The van der Waals surface area contributed by atoms with Crippen molar-refractivity contribution in [2.75, 3.05) is 13.4 Å². The van der Waals surface area contributed by atoms with Gasteiger partial charge in [-0.15, -0.1) is 0 Å². The summed E-state index contributed by atoms with van der Waals surface area (Å²) in [5, 5.41) is 2.72. The molecule has 0 fully saturated rings. The van der Waals surface area contributed by atoms with Gasteiger partial charge in [-0.1, -0.05) is 32.0 Å². The largest absolute Gasteiger partial charge is 0.454 e. The number of carbonyl (C=O) groups excluding carboxylic acids is 2. The molecule has 0 spiro atoms. The molecule has 3 rings (SSSR count). The second-order valence-electron chi connectivity index (χ2n) is 6.84. The summed E-state index contributed by atoms with van der Waals surface area (Å²) < 4.78 is 15.6. The number of amides is 1. The van der Waals surface area contributed by atoms with E-state index in [1.54, 1.807) is 18.2 Å². The fourth-order valence-electron chi connectivity index (χ4n) is 2.77. The predicted octanol–water partition coefficient (Wildman–Crippen LogP) is 3.09. The Bertz CT molecular complexity index is 814. The van der Waals surface area contributed by atoms with E-state index in [-0.39, 0.29) is 19.3 Å². The molecule has 27 heavy (non-hydrogen) atoms. The van der Waals surface area contributed by atoms with Crippen LogP contribution in [0.5, 0.6) is 11.5 Å². The minimum Gasteiger partial charge on any atom is -0.454 e. The van der Waals surface area contributed by atoms with Gasteiger partial charge in [0.25, 0.3) is 5.91 Å². The zero-order valence-corrected chi connectivity index (χ0v) is 15.5. The third kappa shape index (κ3) is 5.23. The molecule has 1 amide bonds. The second-order valence-corrected chi connectivity index (χ2v) is 6.84. The maximum Gasteiger partial charge on any atom is 0.338 e. The molecule has 0 aliphatic carbocycles. The van der Waals surface area contributed by atoms with Gasteiger partial charge in [-0.2, -0.15) is 0 Å². The van der Waals surface area contributed by atoms with Gasteiger partial charge in [-0.3, -0.25) is 4.79 Å². The third-order valence-electron chi connectivity index (χ3n) is 4.09. The van der Waals surface area contributed by atoms with Crippen molar-refractivity contribution >= 4 is 11.9 Å². The molecule has 6 heteroatoms. The van der Waals surface area contributed by atoms with Crippen LogP contribution in [0.25, 0.3) is 0 Å². The standard InChI is InChI=1S/C21H23NO5/c1-14(2)9-15-3-6-17(7-4-15)21(24)25-12-20(23)22-11-16-5-8-18-19(10-16)27-13-26-18/h3-8,10,14H,9,11-13H2,1-2H3,(H,22,23). The Kier molecular flexibility index (Phi) is 5.96. The van der Waals surface area contributed by atoms with Crippen LogP contribution in [0, 0.1) is 5.92 Å². The van der Waals surface area contributed by atoms with E-state index in [4.69, 9.17) is 14.2 Å². The van der Waals surface area contributed by atoms with Crippen LogP contribution in [-0.4, -0.2) is 25.3 Å². The normalized spacial score (nSPS) is 12.1. The molecular weight excluding hydrogens is 346 g/mol. The van der Waals surface area contributed by atoms with E-state index in [9.17, 15) is 9.59 Å². The van der Waals surface area contributed by atoms with Crippen molar-refractivity contribution < 1.29 is 23.8 Å². The van der Waals surface area contributed by atoms with Crippen LogP contribution in [0.1, 0.15) is 35.3 Å². The fourth-order valence-corrected chi connectivity index (χ4v) is 2.77. The van der Waals surface area contributed by atoms with Crippen LogP contribution in [0.15, 0.2) is 42.5 Å². The maximum atomic E-state index is 12.1. The van der Waals surface area contributed by atoms with Crippen LogP contribution < -0.4 is 14.8 Å². The predicted molar refractivity (Wildman–Crippen MR) is 99.7 cm³/mol. The van der Waals surface area contributed by atoms with E-state index in [0.29, 0.717) is 29.5 Å². The van der Waals surface area contributed by atoms with Crippen LogP contribution >= 0.6 is 0 Å². The van der Waals surface area contributed by atoms with Gasteiger partial charge in [-0.05, 0) is 47.7 Å². The van der Waals surface area contributed by atoms with Crippen molar-refractivity contribution in [1.29, 1.82) is 0 Å². The second kappa shape index (κ2) is 8.58. The van der Waals surface area contributed by atoms with Gasteiger partial charge >= 0.3 is 5.97 Å². The summed E-state index contributed by atoms with van der Waals surface area (Å²) in [5.41, 5.74) is 2.48. The molecular formula is C21H23NO5. The van der Waals surface area contributed by atoms with Crippen molar-refractivity contribution in [2.45, 2.75) is 26.8 Å². The topological polar surface area (TPSA) is 73.9 Å². The van der Waals surface area contributed by atoms with E-state index >= 15 is 0 Å². The van der Waals surface area contributed by atoms with Crippen LogP contribution in [0.4, 0.5) is 0 Å². The molecule has 1 heterocycles. The van der Waals surface area contributed by atoms with E-state index in [2.05, 4.69) is 19.2 Å². The number of carbonyl (C=O) groups is 2. The zero-order valence-electron chi connectivity index (χ0n) is 15.5. The lowest BCUT2D eigenvalue weighted by Gasteiger charge is -2.08. The molecule has 2 aromatic carbocycles. The molecule has 0 atom stereocenters. The molecule has 0 aromatic heterocycles. The van der Waals surface area contributed by atoms with Crippen LogP contribution in [0.2, 0.25) is 0 Å². The van der Waals surface area contributed by atoms with Gasteiger partial charge in [0, 0.05) is 6.54 Å². The molecule has 0 bridgehead atoms. The van der Waals surface area contributed by atoms with Crippen molar-refractivity contribution in [3.8, 4) is 11.5 Å². The van der Waals surface area contributed by atoms with Crippen molar-refractivity contribution in [2.24, 2.45) is 5.92 Å². The molecule has 0 unspecified atom stereocenters. The van der Waals surface area contributed by atoms with Gasteiger partial charge in [0.15, 0.2) is 18.1 Å². The Labute approximate surface area is 158 Å². The summed E-state index contributed by atoms with van der Waals surface area (Å²) in [6, 6.07) is 12.7. The van der Waals surface area contributed by atoms with Crippen LogP contribution in [0.3, 0.4) is 0 Å². The molecule has 1 aliphatic heterocycles. The van der Waals surface area contributed by atoms with Crippen molar-refractivity contribution in [1.82, 2.24) is 5.32 Å². The molecule has 0 saturated heterocycles. The van der Waals surface area contributed by atoms with E-state index in [0.717, 1.165) is 12.0 Å².